The highest BCUT2D eigenvalue weighted by Crippen LogP contribution is 2.30. The third-order valence-electron chi connectivity index (χ3n) is 3.50. The third-order valence-corrected chi connectivity index (χ3v) is 4.37. The van der Waals surface area contributed by atoms with Gasteiger partial charge in [-0.15, -0.1) is 11.3 Å². The van der Waals surface area contributed by atoms with Gasteiger partial charge in [0, 0.05) is 17.0 Å². The van der Waals surface area contributed by atoms with E-state index in [9.17, 15) is 9.18 Å². The maximum Gasteiger partial charge on any atom is 0.275 e. The number of anilines is 1. The number of methoxy groups -OCH3 is 2. The van der Waals surface area contributed by atoms with Crippen molar-refractivity contribution in [1.29, 1.82) is 0 Å². The average Bonchev–Trinajstić information content (AvgIpc) is 3.12. The number of rotatable bonds is 5. The van der Waals surface area contributed by atoms with Gasteiger partial charge in [0.2, 0.25) is 0 Å². The zero-order valence-corrected chi connectivity index (χ0v) is 14.4. The van der Waals surface area contributed by atoms with Gasteiger partial charge in [0.15, 0.2) is 0 Å². The molecular weight excluding hydrogens is 343 g/mol. The SMILES string of the molecule is COc1ccc(NC(=O)c2csc(-c3ccccc3F)n2)c(OC)c1. The summed E-state index contributed by atoms with van der Waals surface area (Å²) >= 11 is 1.21. The van der Waals surface area contributed by atoms with E-state index in [1.807, 2.05) is 0 Å². The second kappa shape index (κ2) is 7.31. The van der Waals surface area contributed by atoms with Crippen LogP contribution < -0.4 is 14.8 Å². The third kappa shape index (κ3) is 3.61. The molecule has 128 valence electrons. The maximum absolute atomic E-state index is 13.8. The fraction of sp³-hybridized carbons (Fsp3) is 0.111. The Hall–Kier alpha value is -2.93. The highest BCUT2D eigenvalue weighted by molar-refractivity contribution is 7.13. The topological polar surface area (TPSA) is 60.5 Å². The normalized spacial score (nSPS) is 10.4. The molecule has 1 amide bonds. The first kappa shape index (κ1) is 16.9. The van der Waals surface area contributed by atoms with Crippen molar-refractivity contribution in [2.45, 2.75) is 0 Å². The highest BCUT2D eigenvalue weighted by atomic mass is 32.1. The van der Waals surface area contributed by atoms with Crippen LogP contribution in [0, 0.1) is 5.82 Å². The second-order valence-electron chi connectivity index (χ2n) is 5.04. The van der Waals surface area contributed by atoms with E-state index < -0.39 is 5.91 Å². The summed E-state index contributed by atoms with van der Waals surface area (Å²) in [5.74, 6) is 0.311. The Labute approximate surface area is 148 Å². The van der Waals surface area contributed by atoms with Crippen LogP contribution in [0.15, 0.2) is 47.8 Å². The molecule has 0 bridgehead atoms. The summed E-state index contributed by atoms with van der Waals surface area (Å²) in [6.07, 6.45) is 0. The van der Waals surface area contributed by atoms with Crippen LogP contribution in [0.3, 0.4) is 0 Å². The quantitative estimate of drug-likeness (QED) is 0.742. The summed E-state index contributed by atoms with van der Waals surface area (Å²) in [7, 11) is 3.05. The molecule has 0 saturated heterocycles. The average molecular weight is 358 g/mol. The van der Waals surface area contributed by atoms with E-state index in [1.165, 1.54) is 24.5 Å². The van der Waals surface area contributed by atoms with Gasteiger partial charge in [-0.25, -0.2) is 9.37 Å². The molecule has 7 heteroatoms. The van der Waals surface area contributed by atoms with Crippen molar-refractivity contribution >= 4 is 22.9 Å². The number of thiazole rings is 1. The predicted octanol–water partition coefficient (Wildman–Crippen LogP) is 4.22. The molecule has 0 saturated carbocycles. The van der Waals surface area contributed by atoms with Gasteiger partial charge in [0.05, 0.1) is 19.9 Å². The zero-order valence-electron chi connectivity index (χ0n) is 13.6. The lowest BCUT2D eigenvalue weighted by Crippen LogP contribution is -2.13. The molecule has 25 heavy (non-hydrogen) atoms. The predicted molar refractivity (Wildman–Crippen MR) is 95.0 cm³/mol. The Morgan fingerprint density at radius 3 is 2.68 bits per heavy atom. The molecule has 1 aromatic heterocycles. The van der Waals surface area contributed by atoms with Gasteiger partial charge in [-0.3, -0.25) is 4.79 Å². The molecule has 3 rings (SSSR count). The number of aromatic nitrogens is 1. The molecule has 0 atom stereocenters. The van der Waals surface area contributed by atoms with Crippen LogP contribution in [0.2, 0.25) is 0 Å². The first-order valence-electron chi connectivity index (χ1n) is 7.36. The van der Waals surface area contributed by atoms with Crippen LogP contribution in [0.4, 0.5) is 10.1 Å². The van der Waals surface area contributed by atoms with Crippen molar-refractivity contribution < 1.29 is 18.7 Å². The summed E-state index contributed by atoms with van der Waals surface area (Å²) in [6, 6.07) is 11.4. The summed E-state index contributed by atoms with van der Waals surface area (Å²) in [4.78, 5) is 16.6. The van der Waals surface area contributed by atoms with Gasteiger partial charge in [-0.05, 0) is 24.3 Å². The summed E-state index contributed by atoms with van der Waals surface area (Å²) in [6.45, 7) is 0. The van der Waals surface area contributed by atoms with Crippen LogP contribution in [-0.4, -0.2) is 25.1 Å². The molecule has 0 aliphatic carbocycles. The Kier molecular flexibility index (Phi) is 4.95. The lowest BCUT2D eigenvalue weighted by Gasteiger charge is -2.10. The van der Waals surface area contributed by atoms with Crippen molar-refractivity contribution in [2.75, 3.05) is 19.5 Å². The molecule has 5 nitrogen and oxygen atoms in total. The number of carbonyl (C=O) groups is 1. The zero-order chi connectivity index (χ0) is 17.8. The molecule has 2 aromatic carbocycles. The lowest BCUT2D eigenvalue weighted by molar-refractivity contribution is 0.102. The fourth-order valence-corrected chi connectivity index (χ4v) is 3.05. The van der Waals surface area contributed by atoms with Crippen LogP contribution in [-0.2, 0) is 0 Å². The van der Waals surface area contributed by atoms with Gasteiger partial charge < -0.3 is 14.8 Å². The summed E-state index contributed by atoms with van der Waals surface area (Å²) in [5, 5.41) is 4.78. The van der Waals surface area contributed by atoms with Crippen molar-refractivity contribution in [1.82, 2.24) is 4.98 Å². The first-order chi connectivity index (χ1) is 12.1. The number of hydrogen-bond acceptors (Lipinski definition) is 5. The minimum atomic E-state index is -0.401. The first-order valence-corrected chi connectivity index (χ1v) is 8.24. The van der Waals surface area contributed by atoms with E-state index in [0.717, 1.165) is 0 Å². The number of carbonyl (C=O) groups excluding carboxylic acids is 1. The molecule has 0 fully saturated rings. The van der Waals surface area contributed by atoms with Crippen LogP contribution >= 0.6 is 11.3 Å². The number of ether oxygens (including phenoxy) is 2. The van der Waals surface area contributed by atoms with E-state index >= 15 is 0 Å². The van der Waals surface area contributed by atoms with Crippen LogP contribution in [0.25, 0.3) is 10.6 Å². The number of nitrogens with zero attached hydrogens (tertiary/aromatic N) is 1. The van der Waals surface area contributed by atoms with Crippen molar-refractivity contribution in [3.05, 3.63) is 59.4 Å². The highest BCUT2D eigenvalue weighted by Gasteiger charge is 2.16. The lowest BCUT2D eigenvalue weighted by atomic mass is 10.2. The molecule has 1 heterocycles. The minimum absolute atomic E-state index is 0.209. The van der Waals surface area contributed by atoms with Gasteiger partial charge in [0.25, 0.3) is 5.91 Å². The van der Waals surface area contributed by atoms with E-state index in [0.29, 0.717) is 27.8 Å². The Morgan fingerprint density at radius 2 is 1.96 bits per heavy atom. The molecule has 0 aliphatic rings. The molecule has 3 aromatic rings. The number of benzene rings is 2. The smallest absolute Gasteiger partial charge is 0.275 e. The van der Waals surface area contributed by atoms with Gasteiger partial charge in [-0.1, -0.05) is 12.1 Å². The molecule has 0 aliphatic heterocycles. The van der Waals surface area contributed by atoms with E-state index in [4.69, 9.17) is 9.47 Å². The summed E-state index contributed by atoms with van der Waals surface area (Å²) in [5.41, 5.74) is 1.07. The Bertz CT molecular complexity index is 911. The monoisotopic (exact) mass is 358 g/mol. The van der Waals surface area contributed by atoms with E-state index in [2.05, 4.69) is 10.3 Å². The minimum Gasteiger partial charge on any atom is -0.497 e. The summed E-state index contributed by atoms with van der Waals surface area (Å²) < 4.78 is 24.2. The largest absolute Gasteiger partial charge is 0.497 e. The van der Waals surface area contributed by atoms with Gasteiger partial charge in [-0.2, -0.15) is 0 Å². The molecule has 0 spiro atoms. The Morgan fingerprint density at radius 1 is 1.16 bits per heavy atom. The van der Waals surface area contributed by atoms with Crippen molar-refractivity contribution in [3.8, 4) is 22.1 Å². The van der Waals surface area contributed by atoms with Crippen molar-refractivity contribution in [2.24, 2.45) is 0 Å². The van der Waals surface area contributed by atoms with Gasteiger partial charge in [0.1, 0.15) is 28.0 Å². The second-order valence-corrected chi connectivity index (χ2v) is 5.90. The number of nitrogens with one attached hydrogen (secondary N) is 1. The molecular formula is C18H15FN2O3S. The van der Waals surface area contributed by atoms with Crippen molar-refractivity contribution in [3.63, 3.8) is 0 Å². The van der Waals surface area contributed by atoms with Gasteiger partial charge >= 0.3 is 0 Å². The number of hydrogen-bond donors (Lipinski definition) is 1. The molecule has 0 unspecified atom stereocenters. The number of amides is 1. The van der Waals surface area contributed by atoms with Crippen LogP contribution in [0.1, 0.15) is 10.5 Å². The molecule has 1 N–H and O–H groups in total. The number of halogens is 1. The van der Waals surface area contributed by atoms with E-state index in [1.54, 1.807) is 48.9 Å². The standard InChI is InChI=1S/C18H15FN2O3S/c1-23-11-7-8-14(16(9-11)24-2)20-17(22)15-10-25-18(21-15)12-5-3-4-6-13(12)19/h3-10H,1-2H3,(H,20,22). The van der Waals surface area contributed by atoms with E-state index in [-0.39, 0.29) is 11.5 Å². The molecule has 0 radical (unpaired) electrons. The Balaban J connectivity index is 1.82. The maximum atomic E-state index is 13.8. The van der Waals surface area contributed by atoms with Crippen LogP contribution in [0.5, 0.6) is 11.5 Å². The fourth-order valence-electron chi connectivity index (χ4n) is 2.22.